The summed E-state index contributed by atoms with van der Waals surface area (Å²) in [5, 5.41) is 12.0. The molecule has 1 heterocycles. The third kappa shape index (κ3) is 3.86. The molecule has 0 saturated carbocycles. The van der Waals surface area contributed by atoms with Crippen LogP contribution in [0.25, 0.3) is 0 Å². The Morgan fingerprint density at radius 3 is 2.55 bits per heavy atom. The maximum atomic E-state index is 11.9. The van der Waals surface area contributed by atoms with Gasteiger partial charge in [-0.1, -0.05) is 20.8 Å². The van der Waals surface area contributed by atoms with E-state index in [1.54, 1.807) is 0 Å². The number of nitrogens with two attached hydrogens (primary N) is 1. The van der Waals surface area contributed by atoms with E-state index in [9.17, 15) is 9.59 Å². The zero-order valence-electron chi connectivity index (χ0n) is 12.3. The highest BCUT2D eigenvalue weighted by Crippen LogP contribution is 2.15. The number of hydrogen-bond donors (Lipinski definition) is 4. The van der Waals surface area contributed by atoms with Crippen molar-refractivity contribution in [2.75, 3.05) is 17.7 Å². The molecule has 0 aromatic carbocycles. The number of hydrogen-bond acceptors (Lipinski definition) is 5. The Labute approximate surface area is 117 Å². The number of aromatic amines is 1. The van der Waals surface area contributed by atoms with Crippen LogP contribution in [0.15, 0.2) is 9.59 Å². The van der Waals surface area contributed by atoms with Crippen LogP contribution in [0.4, 0.5) is 11.5 Å². The van der Waals surface area contributed by atoms with E-state index in [4.69, 9.17) is 10.8 Å². The fourth-order valence-corrected chi connectivity index (χ4v) is 2.01. The molecule has 5 N–H and O–H groups in total. The van der Waals surface area contributed by atoms with E-state index in [0.29, 0.717) is 13.0 Å². The first-order valence-electron chi connectivity index (χ1n) is 6.90. The molecule has 0 bridgehead atoms. The van der Waals surface area contributed by atoms with E-state index in [2.05, 4.69) is 10.3 Å². The molecule has 0 fully saturated rings. The lowest BCUT2D eigenvalue weighted by Crippen LogP contribution is -2.36. The van der Waals surface area contributed by atoms with Gasteiger partial charge in [0.25, 0.3) is 5.56 Å². The second-order valence-electron chi connectivity index (χ2n) is 5.29. The minimum Gasteiger partial charge on any atom is -0.396 e. The number of anilines is 2. The normalized spacial score (nSPS) is 12.7. The lowest BCUT2D eigenvalue weighted by molar-refractivity contribution is 0.278. The van der Waals surface area contributed by atoms with Gasteiger partial charge in [0.15, 0.2) is 0 Å². The van der Waals surface area contributed by atoms with Gasteiger partial charge in [0.05, 0.1) is 0 Å². The molecule has 0 aliphatic rings. The Morgan fingerprint density at radius 1 is 1.40 bits per heavy atom. The van der Waals surface area contributed by atoms with E-state index in [0.717, 1.165) is 6.42 Å². The Kier molecular flexibility index (Phi) is 5.82. The zero-order chi connectivity index (χ0) is 15.3. The Hall–Kier alpha value is -1.76. The molecule has 0 saturated heterocycles. The number of nitrogens with zero attached hydrogens (tertiary/aromatic N) is 1. The van der Waals surface area contributed by atoms with Crippen molar-refractivity contribution in [3.05, 3.63) is 20.8 Å². The van der Waals surface area contributed by atoms with Gasteiger partial charge in [0, 0.05) is 19.2 Å². The number of aromatic nitrogens is 2. The summed E-state index contributed by atoms with van der Waals surface area (Å²) in [5.41, 5.74) is 5.13. The predicted molar refractivity (Wildman–Crippen MR) is 80.0 cm³/mol. The van der Waals surface area contributed by atoms with Crippen molar-refractivity contribution in [2.24, 2.45) is 5.92 Å². The third-order valence-electron chi connectivity index (χ3n) is 3.11. The van der Waals surface area contributed by atoms with Crippen molar-refractivity contribution in [2.45, 2.75) is 46.2 Å². The van der Waals surface area contributed by atoms with Crippen LogP contribution in [0, 0.1) is 5.92 Å². The summed E-state index contributed by atoms with van der Waals surface area (Å²) >= 11 is 0. The maximum absolute atomic E-state index is 11.9. The molecule has 114 valence electrons. The largest absolute Gasteiger partial charge is 0.396 e. The number of H-pyrrole nitrogens is 1. The first kappa shape index (κ1) is 16.3. The molecule has 0 aliphatic carbocycles. The van der Waals surface area contributed by atoms with Crippen molar-refractivity contribution in [3.8, 4) is 0 Å². The van der Waals surface area contributed by atoms with Gasteiger partial charge < -0.3 is 16.2 Å². The van der Waals surface area contributed by atoms with Crippen molar-refractivity contribution in [3.63, 3.8) is 0 Å². The summed E-state index contributed by atoms with van der Waals surface area (Å²) in [4.78, 5) is 25.9. The molecular weight excluding hydrogens is 260 g/mol. The van der Waals surface area contributed by atoms with E-state index in [-0.39, 0.29) is 30.1 Å². The van der Waals surface area contributed by atoms with Gasteiger partial charge in [-0.3, -0.25) is 14.3 Å². The van der Waals surface area contributed by atoms with Gasteiger partial charge in [-0.25, -0.2) is 4.79 Å². The average molecular weight is 284 g/mol. The summed E-state index contributed by atoms with van der Waals surface area (Å²) < 4.78 is 1.36. The van der Waals surface area contributed by atoms with Gasteiger partial charge in [-0.15, -0.1) is 0 Å². The zero-order valence-corrected chi connectivity index (χ0v) is 12.3. The van der Waals surface area contributed by atoms with Gasteiger partial charge >= 0.3 is 5.69 Å². The Balaban J connectivity index is 3.19. The van der Waals surface area contributed by atoms with Gasteiger partial charge in [0.2, 0.25) is 0 Å². The minimum absolute atomic E-state index is 0.0228. The number of nitrogen functional groups attached to an aromatic ring is 1. The highest BCUT2D eigenvalue weighted by Gasteiger charge is 2.16. The van der Waals surface area contributed by atoms with Crippen LogP contribution in [0.1, 0.15) is 33.6 Å². The van der Waals surface area contributed by atoms with Gasteiger partial charge in [-0.05, 0) is 18.8 Å². The SMILES string of the molecule is CCC(CCO)Nc1c(N)n(CC(C)C)c(=O)[nH]c1=O. The standard InChI is InChI=1S/C13H24N4O3/c1-4-9(5-6-18)15-10-11(14)17(7-8(2)3)13(20)16-12(10)19/h8-9,15,18H,4-7,14H2,1-3H3,(H,16,19,20). The highest BCUT2D eigenvalue weighted by atomic mass is 16.3. The Bertz CT molecular complexity index is 548. The highest BCUT2D eigenvalue weighted by molar-refractivity contribution is 5.60. The van der Waals surface area contributed by atoms with Gasteiger partial charge in [-0.2, -0.15) is 0 Å². The minimum atomic E-state index is -0.524. The van der Waals surface area contributed by atoms with Crippen molar-refractivity contribution >= 4 is 11.5 Å². The van der Waals surface area contributed by atoms with Crippen LogP contribution in [0.3, 0.4) is 0 Å². The second kappa shape index (κ2) is 7.14. The number of nitrogens with one attached hydrogen (secondary N) is 2. The molecule has 1 atom stereocenters. The number of aliphatic hydroxyl groups excluding tert-OH is 1. The number of rotatable bonds is 7. The van der Waals surface area contributed by atoms with E-state index in [1.807, 2.05) is 20.8 Å². The van der Waals surface area contributed by atoms with E-state index >= 15 is 0 Å². The third-order valence-corrected chi connectivity index (χ3v) is 3.11. The van der Waals surface area contributed by atoms with Crippen LogP contribution in [-0.4, -0.2) is 27.3 Å². The molecule has 1 unspecified atom stereocenters. The van der Waals surface area contributed by atoms with Crippen LogP contribution < -0.4 is 22.3 Å². The average Bonchev–Trinajstić information content (AvgIpc) is 2.37. The smallest absolute Gasteiger partial charge is 0.330 e. The van der Waals surface area contributed by atoms with Crippen molar-refractivity contribution in [1.82, 2.24) is 9.55 Å². The second-order valence-corrected chi connectivity index (χ2v) is 5.29. The topological polar surface area (TPSA) is 113 Å². The molecule has 20 heavy (non-hydrogen) atoms. The first-order chi connectivity index (χ1) is 9.40. The molecule has 0 aliphatic heterocycles. The summed E-state index contributed by atoms with van der Waals surface area (Å²) in [7, 11) is 0. The van der Waals surface area contributed by atoms with Gasteiger partial charge in [0.1, 0.15) is 11.5 Å². The van der Waals surface area contributed by atoms with Crippen LogP contribution in [0.5, 0.6) is 0 Å². The molecular formula is C13H24N4O3. The Morgan fingerprint density at radius 2 is 2.05 bits per heavy atom. The molecule has 1 aromatic heterocycles. The van der Waals surface area contributed by atoms with Crippen molar-refractivity contribution < 1.29 is 5.11 Å². The molecule has 0 spiro atoms. The summed E-state index contributed by atoms with van der Waals surface area (Å²) in [6.45, 7) is 6.33. The molecule has 7 heteroatoms. The summed E-state index contributed by atoms with van der Waals surface area (Å²) in [5.74, 6) is 0.372. The van der Waals surface area contributed by atoms with Crippen LogP contribution in [0.2, 0.25) is 0 Å². The van der Waals surface area contributed by atoms with Crippen molar-refractivity contribution in [1.29, 1.82) is 0 Å². The quantitative estimate of drug-likeness (QED) is 0.577. The first-order valence-corrected chi connectivity index (χ1v) is 6.90. The molecule has 0 radical (unpaired) electrons. The van der Waals surface area contributed by atoms with Crippen LogP contribution in [-0.2, 0) is 6.54 Å². The molecule has 1 aromatic rings. The fraction of sp³-hybridized carbons (Fsp3) is 0.692. The molecule has 0 amide bonds. The lowest BCUT2D eigenvalue weighted by atomic mass is 10.1. The molecule has 7 nitrogen and oxygen atoms in total. The van der Waals surface area contributed by atoms with Crippen LogP contribution >= 0.6 is 0 Å². The molecule has 1 rings (SSSR count). The lowest BCUT2D eigenvalue weighted by Gasteiger charge is -2.20. The monoisotopic (exact) mass is 284 g/mol. The fourth-order valence-electron chi connectivity index (χ4n) is 2.01. The van der Waals surface area contributed by atoms with E-state index < -0.39 is 11.2 Å². The maximum Gasteiger partial charge on any atom is 0.330 e. The number of aliphatic hydroxyl groups is 1. The predicted octanol–water partition coefficient (Wildman–Crippen LogP) is 0.348. The summed E-state index contributed by atoms with van der Waals surface area (Å²) in [6.07, 6.45) is 1.25. The van der Waals surface area contributed by atoms with E-state index in [1.165, 1.54) is 4.57 Å². The summed E-state index contributed by atoms with van der Waals surface area (Å²) in [6, 6.07) is -0.0617.